The molecule has 1 N–H and O–H groups in total. The Morgan fingerprint density at radius 3 is 2.76 bits per heavy atom. The quantitative estimate of drug-likeness (QED) is 0.905. The normalized spacial score (nSPS) is 26.4. The van der Waals surface area contributed by atoms with Gasteiger partial charge in [0, 0.05) is 31.2 Å². The standard InChI is InChI=1S/C15H24N4O2/c1-10(2)14-13-12(5-7-18(14)15(20)21)19(9-16-13)11-4-6-17(3)8-11/h9-11,14H,4-8H2,1-3H3,(H,20,21). The maximum atomic E-state index is 11.5. The number of imidazole rings is 1. The lowest BCUT2D eigenvalue weighted by Crippen LogP contribution is -2.42. The predicted octanol–water partition coefficient (Wildman–Crippen LogP) is 1.99. The number of aromatic nitrogens is 2. The summed E-state index contributed by atoms with van der Waals surface area (Å²) in [6, 6.07) is 0.363. The van der Waals surface area contributed by atoms with Crippen LogP contribution in [0.5, 0.6) is 0 Å². The average Bonchev–Trinajstić information content (AvgIpc) is 3.02. The second kappa shape index (κ2) is 5.33. The third kappa shape index (κ3) is 2.41. The summed E-state index contributed by atoms with van der Waals surface area (Å²) in [6.07, 6.45) is 3.00. The molecular weight excluding hydrogens is 268 g/mol. The first-order valence-corrected chi connectivity index (χ1v) is 7.72. The van der Waals surface area contributed by atoms with Crippen LogP contribution in [0.25, 0.3) is 0 Å². The minimum Gasteiger partial charge on any atom is -0.465 e. The first-order chi connectivity index (χ1) is 9.99. The fraction of sp³-hybridized carbons (Fsp3) is 0.733. The van der Waals surface area contributed by atoms with Gasteiger partial charge in [-0.05, 0) is 25.9 Å². The number of nitrogens with zero attached hydrogens (tertiary/aromatic N) is 4. The number of likely N-dealkylation sites (N-methyl/N-ethyl adjacent to an activating group) is 1. The lowest BCUT2D eigenvalue weighted by molar-refractivity contribution is 0.102. The lowest BCUT2D eigenvalue weighted by atomic mass is 9.93. The van der Waals surface area contributed by atoms with E-state index in [-0.39, 0.29) is 12.0 Å². The molecule has 3 heterocycles. The zero-order chi connectivity index (χ0) is 15.1. The molecule has 0 saturated carbocycles. The number of amides is 1. The summed E-state index contributed by atoms with van der Waals surface area (Å²) in [5, 5.41) is 9.42. The van der Waals surface area contributed by atoms with Crippen LogP contribution in [-0.4, -0.2) is 57.2 Å². The summed E-state index contributed by atoms with van der Waals surface area (Å²) in [6.45, 7) is 6.87. The van der Waals surface area contributed by atoms with Crippen molar-refractivity contribution in [1.82, 2.24) is 19.4 Å². The Morgan fingerprint density at radius 2 is 2.19 bits per heavy atom. The molecule has 2 aliphatic heterocycles. The lowest BCUT2D eigenvalue weighted by Gasteiger charge is -2.36. The summed E-state index contributed by atoms with van der Waals surface area (Å²) in [4.78, 5) is 20.0. The van der Waals surface area contributed by atoms with Gasteiger partial charge in [0.25, 0.3) is 0 Å². The molecule has 21 heavy (non-hydrogen) atoms. The van der Waals surface area contributed by atoms with Crippen molar-refractivity contribution in [2.45, 2.75) is 38.8 Å². The van der Waals surface area contributed by atoms with E-state index in [0.717, 1.165) is 31.6 Å². The number of hydrogen-bond acceptors (Lipinski definition) is 3. The second-order valence-electron chi connectivity index (χ2n) is 6.60. The van der Waals surface area contributed by atoms with Gasteiger partial charge in [0.05, 0.1) is 18.1 Å². The smallest absolute Gasteiger partial charge is 0.407 e. The first-order valence-electron chi connectivity index (χ1n) is 7.72. The average molecular weight is 292 g/mol. The molecule has 0 aromatic carbocycles. The molecule has 0 radical (unpaired) electrons. The topological polar surface area (TPSA) is 61.6 Å². The summed E-state index contributed by atoms with van der Waals surface area (Å²) >= 11 is 0. The van der Waals surface area contributed by atoms with Gasteiger partial charge in [-0.3, -0.25) is 4.90 Å². The highest BCUT2D eigenvalue weighted by Gasteiger charge is 2.37. The molecule has 1 saturated heterocycles. The van der Waals surface area contributed by atoms with Crippen LogP contribution in [0.4, 0.5) is 4.79 Å². The summed E-state index contributed by atoms with van der Waals surface area (Å²) < 4.78 is 2.30. The molecule has 1 aromatic heterocycles. The maximum absolute atomic E-state index is 11.5. The van der Waals surface area contributed by atoms with Gasteiger partial charge >= 0.3 is 6.09 Å². The molecule has 2 aliphatic rings. The van der Waals surface area contributed by atoms with Crippen LogP contribution in [0.1, 0.15) is 43.7 Å². The van der Waals surface area contributed by atoms with Crippen molar-refractivity contribution in [2.75, 3.05) is 26.7 Å². The zero-order valence-corrected chi connectivity index (χ0v) is 13.0. The molecule has 2 unspecified atom stereocenters. The van der Waals surface area contributed by atoms with E-state index in [1.807, 2.05) is 6.33 Å². The van der Waals surface area contributed by atoms with Crippen molar-refractivity contribution in [2.24, 2.45) is 5.92 Å². The minimum absolute atomic E-state index is 0.119. The van der Waals surface area contributed by atoms with E-state index < -0.39 is 6.09 Å². The number of fused-ring (bicyclic) bond motifs is 1. The zero-order valence-electron chi connectivity index (χ0n) is 13.0. The van der Waals surface area contributed by atoms with Crippen LogP contribution in [0.15, 0.2) is 6.33 Å². The van der Waals surface area contributed by atoms with Gasteiger partial charge in [-0.25, -0.2) is 9.78 Å². The number of carboxylic acid groups (broad SMARTS) is 1. The van der Waals surface area contributed by atoms with Crippen molar-refractivity contribution in [3.63, 3.8) is 0 Å². The van der Waals surface area contributed by atoms with Gasteiger partial charge in [0.1, 0.15) is 0 Å². The van der Waals surface area contributed by atoms with E-state index in [0.29, 0.717) is 12.6 Å². The number of likely N-dealkylation sites (tertiary alicyclic amines) is 1. The molecule has 0 bridgehead atoms. The molecule has 0 spiro atoms. The summed E-state index contributed by atoms with van der Waals surface area (Å²) in [5.74, 6) is 0.231. The Bertz CT molecular complexity index is 540. The third-order valence-electron chi connectivity index (χ3n) is 4.77. The number of carbonyl (C=O) groups is 1. The van der Waals surface area contributed by atoms with Crippen LogP contribution >= 0.6 is 0 Å². The van der Waals surface area contributed by atoms with Gasteiger partial charge in [-0.2, -0.15) is 0 Å². The van der Waals surface area contributed by atoms with Crippen LogP contribution < -0.4 is 0 Å². The van der Waals surface area contributed by atoms with E-state index in [4.69, 9.17) is 0 Å². The molecule has 0 aliphatic carbocycles. The fourth-order valence-corrected chi connectivity index (χ4v) is 3.76. The monoisotopic (exact) mass is 292 g/mol. The van der Waals surface area contributed by atoms with E-state index in [9.17, 15) is 9.90 Å². The van der Waals surface area contributed by atoms with Gasteiger partial charge in [0.15, 0.2) is 0 Å². The van der Waals surface area contributed by atoms with E-state index in [2.05, 4.69) is 35.3 Å². The Balaban J connectivity index is 1.94. The van der Waals surface area contributed by atoms with Crippen molar-refractivity contribution in [3.8, 4) is 0 Å². The largest absolute Gasteiger partial charge is 0.465 e. The Hall–Kier alpha value is -1.56. The SMILES string of the molecule is CC(C)C1c2ncn(C3CCN(C)C3)c2CCN1C(=O)O. The van der Waals surface area contributed by atoms with Crippen LogP contribution in [0, 0.1) is 5.92 Å². The maximum Gasteiger partial charge on any atom is 0.407 e. The fourth-order valence-electron chi connectivity index (χ4n) is 3.76. The van der Waals surface area contributed by atoms with E-state index in [1.165, 1.54) is 5.69 Å². The molecule has 116 valence electrons. The molecular formula is C15H24N4O2. The second-order valence-corrected chi connectivity index (χ2v) is 6.60. The number of rotatable bonds is 2. The first kappa shape index (κ1) is 14.4. The van der Waals surface area contributed by atoms with Gasteiger partial charge in [-0.1, -0.05) is 13.8 Å². The highest BCUT2D eigenvalue weighted by molar-refractivity contribution is 5.66. The molecule has 1 amide bonds. The number of hydrogen-bond donors (Lipinski definition) is 1. The van der Waals surface area contributed by atoms with Gasteiger partial charge < -0.3 is 14.6 Å². The van der Waals surface area contributed by atoms with Gasteiger partial charge in [-0.15, -0.1) is 0 Å². The molecule has 6 heteroatoms. The molecule has 1 aromatic rings. The predicted molar refractivity (Wildman–Crippen MR) is 79.4 cm³/mol. The van der Waals surface area contributed by atoms with Gasteiger partial charge in [0.2, 0.25) is 0 Å². The molecule has 1 fully saturated rings. The Labute approximate surface area is 125 Å². The van der Waals surface area contributed by atoms with Crippen molar-refractivity contribution in [1.29, 1.82) is 0 Å². The highest BCUT2D eigenvalue weighted by atomic mass is 16.4. The Morgan fingerprint density at radius 1 is 1.43 bits per heavy atom. The van der Waals surface area contributed by atoms with E-state index in [1.54, 1.807) is 4.90 Å². The van der Waals surface area contributed by atoms with Crippen molar-refractivity contribution in [3.05, 3.63) is 17.7 Å². The summed E-state index contributed by atoms with van der Waals surface area (Å²) in [7, 11) is 2.15. The highest BCUT2D eigenvalue weighted by Crippen LogP contribution is 2.36. The molecule has 2 atom stereocenters. The van der Waals surface area contributed by atoms with E-state index >= 15 is 0 Å². The Kier molecular flexibility index (Phi) is 3.65. The summed E-state index contributed by atoms with van der Waals surface area (Å²) in [5.41, 5.74) is 2.21. The van der Waals surface area contributed by atoms with Crippen LogP contribution in [0.2, 0.25) is 0 Å². The molecule has 3 rings (SSSR count). The third-order valence-corrected chi connectivity index (χ3v) is 4.77. The van der Waals surface area contributed by atoms with Crippen LogP contribution in [0.3, 0.4) is 0 Å². The van der Waals surface area contributed by atoms with Crippen LogP contribution in [-0.2, 0) is 6.42 Å². The molecule has 6 nitrogen and oxygen atoms in total. The van der Waals surface area contributed by atoms with Crippen molar-refractivity contribution >= 4 is 6.09 Å². The minimum atomic E-state index is -0.838. The van der Waals surface area contributed by atoms with Crippen molar-refractivity contribution < 1.29 is 9.90 Å².